The molecular formula is C9H3ClF5NO3. The summed E-state index contributed by atoms with van der Waals surface area (Å²) in [5, 5.41) is 10.2. The van der Waals surface area contributed by atoms with Crippen LogP contribution in [0, 0.1) is 10.1 Å². The van der Waals surface area contributed by atoms with Crippen molar-refractivity contribution in [3.8, 4) is 0 Å². The summed E-state index contributed by atoms with van der Waals surface area (Å²) in [5.74, 6) is -8.42. The highest BCUT2D eigenvalue weighted by atomic mass is 35.5. The lowest BCUT2D eigenvalue weighted by molar-refractivity contribution is -0.385. The third kappa shape index (κ3) is 2.80. The molecule has 0 aliphatic carbocycles. The molecule has 1 aromatic rings. The van der Waals surface area contributed by atoms with Gasteiger partial charge in [-0.2, -0.15) is 22.0 Å². The lowest BCUT2D eigenvalue weighted by Crippen LogP contribution is -2.44. The van der Waals surface area contributed by atoms with Gasteiger partial charge in [-0.3, -0.25) is 14.9 Å². The van der Waals surface area contributed by atoms with Crippen LogP contribution in [0.5, 0.6) is 0 Å². The first-order chi connectivity index (χ1) is 8.48. The summed E-state index contributed by atoms with van der Waals surface area (Å²) in [4.78, 5) is 20.4. The van der Waals surface area contributed by atoms with Crippen LogP contribution in [0.4, 0.5) is 27.6 Å². The Morgan fingerprint density at radius 2 is 1.74 bits per heavy atom. The number of nitro benzene ring substituents is 1. The maximum absolute atomic E-state index is 12.8. The Bertz CT molecular complexity index is 543. The topological polar surface area (TPSA) is 60.2 Å². The van der Waals surface area contributed by atoms with Crippen molar-refractivity contribution in [2.45, 2.75) is 12.1 Å². The number of Topliss-reactive ketones (excluding diaryl/α,β-unsaturated/α-hetero) is 1. The van der Waals surface area contributed by atoms with Gasteiger partial charge in [0.15, 0.2) is 0 Å². The lowest BCUT2D eigenvalue weighted by Gasteiger charge is -2.17. The summed E-state index contributed by atoms with van der Waals surface area (Å²) in [7, 11) is 0. The van der Waals surface area contributed by atoms with E-state index in [2.05, 4.69) is 0 Å². The van der Waals surface area contributed by atoms with Crippen LogP contribution in [0.25, 0.3) is 0 Å². The Labute approximate surface area is 106 Å². The molecule has 1 rings (SSSR count). The third-order valence-electron chi connectivity index (χ3n) is 2.04. The number of benzene rings is 1. The van der Waals surface area contributed by atoms with Crippen LogP contribution in [0.3, 0.4) is 0 Å². The Hall–Kier alpha value is -1.77. The molecule has 1 aromatic carbocycles. The minimum Gasteiger partial charge on any atom is -0.287 e. The van der Waals surface area contributed by atoms with Gasteiger partial charge in [-0.1, -0.05) is 11.6 Å². The zero-order valence-corrected chi connectivity index (χ0v) is 9.43. The smallest absolute Gasteiger partial charge is 0.287 e. The van der Waals surface area contributed by atoms with Gasteiger partial charge in [-0.15, -0.1) is 0 Å². The van der Waals surface area contributed by atoms with Gasteiger partial charge in [0.2, 0.25) is 5.78 Å². The Balaban J connectivity index is 3.40. The number of carbonyl (C=O) groups is 1. The first-order valence-electron chi connectivity index (χ1n) is 4.41. The van der Waals surface area contributed by atoms with E-state index in [1.165, 1.54) is 0 Å². The quantitative estimate of drug-likeness (QED) is 0.371. The number of hydrogen-bond acceptors (Lipinski definition) is 3. The summed E-state index contributed by atoms with van der Waals surface area (Å²) >= 11 is 5.34. The molecule has 0 bridgehead atoms. The molecule has 0 N–H and O–H groups in total. The highest BCUT2D eigenvalue weighted by molar-refractivity contribution is 6.31. The van der Waals surface area contributed by atoms with Gasteiger partial charge in [0.25, 0.3) is 5.69 Å². The van der Waals surface area contributed by atoms with Crippen molar-refractivity contribution in [1.29, 1.82) is 0 Å². The van der Waals surface area contributed by atoms with Crippen molar-refractivity contribution in [1.82, 2.24) is 0 Å². The number of hydrogen-bond donors (Lipinski definition) is 0. The number of halogens is 6. The Kier molecular flexibility index (Phi) is 3.80. The standard InChI is InChI=1S/C9H3ClF5NO3/c10-4-1-2-5(6(3-4)16(18)19)7(17)8(11,12)9(13,14)15/h1-3H. The van der Waals surface area contributed by atoms with Crippen molar-refractivity contribution >= 4 is 23.1 Å². The van der Waals surface area contributed by atoms with Crippen LogP contribution >= 0.6 is 11.6 Å². The second kappa shape index (κ2) is 4.72. The minimum atomic E-state index is -6.14. The van der Waals surface area contributed by atoms with E-state index < -0.39 is 34.1 Å². The fourth-order valence-corrected chi connectivity index (χ4v) is 1.31. The summed E-state index contributed by atoms with van der Waals surface area (Å²) in [5.41, 5.74) is -2.59. The normalized spacial score (nSPS) is 12.3. The predicted molar refractivity (Wildman–Crippen MR) is 53.4 cm³/mol. The molecule has 0 saturated carbocycles. The molecule has 0 spiro atoms. The zero-order chi connectivity index (χ0) is 15.0. The molecular weight excluding hydrogens is 301 g/mol. The second-order valence-electron chi connectivity index (χ2n) is 3.32. The maximum Gasteiger partial charge on any atom is 0.461 e. The molecule has 10 heteroatoms. The van der Waals surface area contributed by atoms with Crippen LogP contribution in [0.2, 0.25) is 5.02 Å². The summed E-state index contributed by atoms with van der Waals surface area (Å²) in [6, 6.07) is 1.76. The second-order valence-corrected chi connectivity index (χ2v) is 3.76. The van der Waals surface area contributed by atoms with Crippen LogP contribution < -0.4 is 0 Å². The van der Waals surface area contributed by atoms with Gasteiger partial charge in [0.1, 0.15) is 5.56 Å². The number of rotatable bonds is 3. The molecule has 0 fully saturated rings. The molecule has 0 aliphatic heterocycles. The van der Waals surface area contributed by atoms with Crippen LogP contribution in [-0.2, 0) is 0 Å². The van der Waals surface area contributed by atoms with Crippen molar-refractivity contribution in [3.63, 3.8) is 0 Å². The molecule has 0 heterocycles. The van der Waals surface area contributed by atoms with Crippen LogP contribution in [0.15, 0.2) is 18.2 Å². The molecule has 0 aromatic heterocycles. The van der Waals surface area contributed by atoms with Gasteiger partial charge >= 0.3 is 12.1 Å². The van der Waals surface area contributed by atoms with E-state index in [-0.39, 0.29) is 5.02 Å². The first kappa shape index (κ1) is 15.3. The first-order valence-corrected chi connectivity index (χ1v) is 4.79. The molecule has 0 atom stereocenters. The summed E-state index contributed by atoms with van der Waals surface area (Å²) in [6.07, 6.45) is -6.14. The molecule has 0 unspecified atom stereocenters. The van der Waals surface area contributed by atoms with Crippen molar-refractivity contribution in [2.24, 2.45) is 0 Å². The number of nitrogens with zero attached hydrogens (tertiary/aromatic N) is 1. The molecule has 0 radical (unpaired) electrons. The van der Waals surface area contributed by atoms with E-state index in [0.717, 1.165) is 6.07 Å². The van der Waals surface area contributed by atoms with Crippen molar-refractivity contribution in [3.05, 3.63) is 38.9 Å². The Morgan fingerprint density at radius 1 is 1.21 bits per heavy atom. The van der Waals surface area contributed by atoms with E-state index in [4.69, 9.17) is 11.6 Å². The fourth-order valence-electron chi connectivity index (χ4n) is 1.15. The van der Waals surface area contributed by atoms with Crippen molar-refractivity contribution < 1.29 is 31.7 Å². The van der Waals surface area contributed by atoms with E-state index >= 15 is 0 Å². The highest BCUT2D eigenvalue weighted by Gasteiger charge is 2.64. The SMILES string of the molecule is O=C(c1ccc(Cl)cc1[N+](=O)[O-])C(F)(F)C(F)(F)F. The fraction of sp³-hybridized carbons (Fsp3) is 0.222. The van der Waals surface area contributed by atoms with Gasteiger partial charge < -0.3 is 0 Å². The average Bonchev–Trinajstić information content (AvgIpc) is 2.26. The number of carbonyl (C=O) groups excluding carboxylic acids is 1. The van der Waals surface area contributed by atoms with Crippen molar-refractivity contribution in [2.75, 3.05) is 0 Å². The van der Waals surface area contributed by atoms with Crippen LogP contribution in [-0.4, -0.2) is 22.8 Å². The van der Waals surface area contributed by atoms with Gasteiger partial charge in [-0.25, -0.2) is 0 Å². The summed E-state index contributed by atoms with van der Waals surface area (Å²) < 4.78 is 61.7. The molecule has 104 valence electrons. The maximum atomic E-state index is 12.8. The number of nitro groups is 1. The zero-order valence-electron chi connectivity index (χ0n) is 8.67. The monoisotopic (exact) mass is 303 g/mol. The molecule has 0 amide bonds. The van der Waals surface area contributed by atoms with Crippen LogP contribution in [0.1, 0.15) is 10.4 Å². The predicted octanol–water partition coefficient (Wildman–Crippen LogP) is 3.63. The molecule has 19 heavy (non-hydrogen) atoms. The molecule has 0 aliphatic rings. The highest BCUT2D eigenvalue weighted by Crippen LogP contribution is 2.39. The number of ketones is 1. The van der Waals surface area contributed by atoms with Gasteiger partial charge in [0.05, 0.1) is 4.92 Å². The largest absolute Gasteiger partial charge is 0.461 e. The molecule has 4 nitrogen and oxygen atoms in total. The van der Waals surface area contributed by atoms with E-state index in [1.807, 2.05) is 0 Å². The average molecular weight is 304 g/mol. The third-order valence-corrected chi connectivity index (χ3v) is 2.28. The number of alkyl halides is 5. The Morgan fingerprint density at radius 3 is 2.16 bits per heavy atom. The van der Waals surface area contributed by atoms with Gasteiger partial charge in [-0.05, 0) is 12.1 Å². The van der Waals surface area contributed by atoms with E-state index in [0.29, 0.717) is 12.1 Å². The lowest BCUT2D eigenvalue weighted by atomic mass is 10.0. The van der Waals surface area contributed by atoms with E-state index in [1.54, 1.807) is 0 Å². The van der Waals surface area contributed by atoms with Gasteiger partial charge in [0, 0.05) is 11.1 Å². The minimum absolute atomic E-state index is 0.279. The van der Waals surface area contributed by atoms with E-state index in [9.17, 15) is 36.9 Å². The molecule has 0 saturated heterocycles. The summed E-state index contributed by atoms with van der Waals surface area (Å²) in [6.45, 7) is 0.